The summed E-state index contributed by atoms with van der Waals surface area (Å²) in [6, 6.07) is 11.4. The van der Waals surface area contributed by atoms with Crippen molar-refractivity contribution < 1.29 is 13.2 Å². The summed E-state index contributed by atoms with van der Waals surface area (Å²) in [6.45, 7) is 8.04. The van der Waals surface area contributed by atoms with Gasteiger partial charge in [-0.1, -0.05) is 37.4 Å². The molecule has 0 unspecified atom stereocenters. The lowest BCUT2D eigenvalue weighted by molar-refractivity contribution is -0.137. The smallest absolute Gasteiger partial charge is 0.261 e. The first kappa shape index (κ1) is 17.2. The summed E-state index contributed by atoms with van der Waals surface area (Å²) in [5.41, 5.74) is 4.64. The Labute approximate surface area is 145 Å². The first-order valence-electron chi connectivity index (χ1n) is 8.03. The fourth-order valence-electron chi connectivity index (χ4n) is 2.82. The van der Waals surface area contributed by atoms with Gasteiger partial charge in [0, 0.05) is 12.6 Å². The van der Waals surface area contributed by atoms with Crippen LogP contribution in [0, 0.1) is 0 Å². The second-order valence-corrected chi connectivity index (χ2v) is 6.14. The molecular weight excluding hydrogens is 323 g/mol. The molecule has 3 rings (SSSR count). The highest BCUT2D eigenvalue weighted by atomic mass is 19.4. The van der Waals surface area contributed by atoms with Gasteiger partial charge < -0.3 is 0 Å². The first-order chi connectivity index (χ1) is 11.8. The molecule has 1 nitrogen and oxygen atoms in total. The van der Waals surface area contributed by atoms with Crippen LogP contribution < -0.4 is 0 Å². The van der Waals surface area contributed by atoms with E-state index in [1.807, 2.05) is 24.4 Å². The topological polar surface area (TPSA) is 12.4 Å². The summed E-state index contributed by atoms with van der Waals surface area (Å²) < 4.78 is 38.5. The molecule has 4 heteroatoms. The largest absolute Gasteiger partial charge is 0.416 e. The van der Waals surface area contributed by atoms with Crippen LogP contribution in [0.15, 0.2) is 60.6 Å². The van der Waals surface area contributed by atoms with Gasteiger partial charge >= 0.3 is 6.18 Å². The van der Waals surface area contributed by atoms with Gasteiger partial charge in [0.25, 0.3) is 0 Å². The Kier molecular flexibility index (Phi) is 4.62. The van der Waals surface area contributed by atoms with Crippen molar-refractivity contribution in [1.82, 2.24) is 0 Å². The number of hydrogen-bond acceptors (Lipinski definition) is 1. The van der Waals surface area contributed by atoms with Crippen LogP contribution in [-0.4, -0.2) is 6.21 Å². The normalized spacial score (nSPS) is 12.9. The number of fused-ring (bicyclic) bond motifs is 1. The molecule has 0 spiro atoms. The number of hydrogen-bond donors (Lipinski definition) is 0. The highest BCUT2D eigenvalue weighted by Crippen LogP contribution is 2.33. The lowest BCUT2D eigenvalue weighted by Gasteiger charge is -2.12. The monoisotopic (exact) mass is 341 g/mol. The molecular formula is C21H18F3N. The Morgan fingerprint density at radius 3 is 2.32 bits per heavy atom. The van der Waals surface area contributed by atoms with Crippen LogP contribution >= 0.6 is 0 Å². The molecule has 128 valence electrons. The molecule has 0 aliphatic carbocycles. The quantitative estimate of drug-likeness (QED) is 0.591. The number of halogens is 3. The van der Waals surface area contributed by atoms with E-state index < -0.39 is 11.7 Å². The zero-order valence-corrected chi connectivity index (χ0v) is 13.7. The summed E-state index contributed by atoms with van der Waals surface area (Å²) in [5.74, 6) is 0. The predicted octanol–water partition coefficient (Wildman–Crippen LogP) is 6.47. The second-order valence-electron chi connectivity index (χ2n) is 6.14. The van der Waals surface area contributed by atoms with Crippen LogP contribution in [0.4, 0.5) is 18.9 Å². The fourth-order valence-corrected chi connectivity index (χ4v) is 2.82. The van der Waals surface area contributed by atoms with E-state index in [9.17, 15) is 13.2 Å². The van der Waals surface area contributed by atoms with E-state index in [1.165, 1.54) is 11.6 Å². The Hall–Kier alpha value is -2.62. The zero-order chi connectivity index (χ0) is 18.0. The van der Waals surface area contributed by atoms with Gasteiger partial charge in [-0.25, -0.2) is 0 Å². The molecule has 1 aliphatic heterocycles. The van der Waals surface area contributed by atoms with Crippen LogP contribution in [0.3, 0.4) is 0 Å². The summed E-state index contributed by atoms with van der Waals surface area (Å²) in [7, 11) is 0. The number of alkyl halides is 3. The third kappa shape index (κ3) is 3.90. The van der Waals surface area contributed by atoms with Crippen molar-refractivity contribution in [3.05, 3.63) is 77.9 Å². The third-order valence-electron chi connectivity index (χ3n) is 4.36. The van der Waals surface area contributed by atoms with E-state index in [0.717, 1.165) is 35.4 Å². The van der Waals surface area contributed by atoms with Crippen LogP contribution in [0.25, 0.3) is 11.1 Å². The van der Waals surface area contributed by atoms with E-state index >= 15 is 0 Å². The highest BCUT2D eigenvalue weighted by molar-refractivity contribution is 5.79. The predicted molar refractivity (Wildman–Crippen MR) is 97.0 cm³/mol. The van der Waals surface area contributed by atoms with Crippen LogP contribution in [0.1, 0.15) is 35.1 Å². The number of nitrogens with zero attached hydrogens (tertiary/aromatic N) is 1. The van der Waals surface area contributed by atoms with E-state index in [4.69, 9.17) is 0 Å². The SMILES string of the molecule is C=C(CCC(=C)c1ccc2c(c1)N=CC2)c1cccc(C(F)(F)F)c1. The Morgan fingerprint density at radius 1 is 0.960 bits per heavy atom. The molecule has 25 heavy (non-hydrogen) atoms. The molecule has 2 aromatic rings. The maximum atomic E-state index is 12.8. The van der Waals surface area contributed by atoms with Gasteiger partial charge in [0.2, 0.25) is 0 Å². The molecule has 0 amide bonds. The minimum Gasteiger partial charge on any atom is -0.261 e. The molecule has 2 aromatic carbocycles. The molecule has 0 saturated carbocycles. The van der Waals surface area contributed by atoms with Crippen molar-refractivity contribution in [1.29, 1.82) is 0 Å². The maximum absolute atomic E-state index is 12.8. The van der Waals surface area contributed by atoms with E-state index in [0.29, 0.717) is 24.0 Å². The molecule has 0 bridgehead atoms. The molecule has 0 atom stereocenters. The van der Waals surface area contributed by atoms with Crippen LogP contribution in [0.5, 0.6) is 0 Å². The number of benzene rings is 2. The fraction of sp³-hybridized carbons (Fsp3) is 0.190. The second kappa shape index (κ2) is 6.71. The van der Waals surface area contributed by atoms with Crippen molar-refractivity contribution in [3.8, 4) is 0 Å². The van der Waals surface area contributed by atoms with Crippen molar-refractivity contribution in [2.24, 2.45) is 4.99 Å². The lowest BCUT2D eigenvalue weighted by Crippen LogP contribution is -2.05. The molecule has 0 N–H and O–H groups in total. The van der Waals surface area contributed by atoms with Gasteiger partial charge in [0.1, 0.15) is 0 Å². The zero-order valence-electron chi connectivity index (χ0n) is 13.7. The summed E-state index contributed by atoms with van der Waals surface area (Å²) in [6.07, 6.45) is -0.413. The number of allylic oxidation sites excluding steroid dienone is 2. The number of aliphatic imine (C=N–C) groups is 1. The van der Waals surface area contributed by atoms with Crippen molar-refractivity contribution >= 4 is 23.0 Å². The standard InChI is InChI=1S/C21H18F3N/c1-14(17-4-3-5-19(12-17)21(22,23)24)6-7-15(2)18-9-8-16-10-11-25-20(16)13-18/h3-5,8-9,11-13H,1-2,6-7,10H2. The third-order valence-corrected chi connectivity index (χ3v) is 4.36. The van der Waals surface area contributed by atoms with Gasteiger partial charge in [-0.05, 0) is 58.9 Å². The van der Waals surface area contributed by atoms with Gasteiger partial charge in [-0.15, -0.1) is 0 Å². The minimum atomic E-state index is -4.34. The Balaban J connectivity index is 1.66. The van der Waals surface area contributed by atoms with Gasteiger partial charge in [0.15, 0.2) is 0 Å². The molecule has 0 radical (unpaired) electrons. The average molecular weight is 341 g/mol. The molecule has 0 saturated heterocycles. The maximum Gasteiger partial charge on any atom is 0.416 e. The summed E-state index contributed by atoms with van der Waals surface area (Å²) >= 11 is 0. The highest BCUT2D eigenvalue weighted by Gasteiger charge is 2.30. The minimum absolute atomic E-state index is 0.515. The Bertz CT molecular complexity index is 860. The van der Waals surface area contributed by atoms with E-state index in [2.05, 4.69) is 18.2 Å². The van der Waals surface area contributed by atoms with Gasteiger partial charge in [-0.2, -0.15) is 13.2 Å². The molecule has 0 aromatic heterocycles. The molecule has 1 heterocycles. The molecule has 1 aliphatic rings. The van der Waals surface area contributed by atoms with Crippen molar-refractivity contribution in [2.75, 3.05) is 0 Å². The first-order valence-corrected chi connectivity index (χ1v) is 8.03. The summed E-state index contributed by atoms with van der Waals surface area (Å²) in [5, 5.41) is 0. The summed E-state index contributed by atoms with van der Waals surface area (Å²) in [4.78, 5) is 4.33. The van der Waals surface area contributed by atoms with Gasteiger partial charge in [-0.3, -0.25) is 4.99 Å². The van der Waals surface area contributed by atoms with E-state index in [1.54, 1.807) is 6.07 Å². The van der Waals surface area contributed by atoms with E-state index in [-0.39, 0.29) is 0 Å². The Morgan fingerprint density at radius 2 is 1.64 bits per heavy atom. The number of rotatable bonds is 5. The molecule has 0 fully saturated rings. The van der Waals surface area contributed by atoms with Crippen molar-refractivity contribution in [3.63, 3.8) is 0 Å². The van der Waals surface area contributed by atoms with Crippen molar-refractivity contribution in [2.45, 2.75) is 25.4 Å². The van der Waals surface area contributed by atoms with Crippen LogP contribution in [0.2, 0.25) is 0 Å². The lowest BCUT2D eigenvalue weighted by atomic mass is 9.95. The van der Waals surface area contributed by atoms with Gasteiger partial charge in [0.05, 0.1) is 11.3 Å². The van der Waals surface area contributed by atoms with Crippen LogP contribution in [-0.2, 0) is 12.6 Å². The average Bonchev–Trinajstić information content (AvgIpc) is 3.06.